The highest BCUT2D eigenvalue weighted by Gasteiger charge is 2.27. The van der Waals surface area contributed by atoms with Crippen molar-refractivity contribution >= 4 is 11.0 Å². The second-order valence-electron chi connectivity index (χ2n) is 5.61. The third-order valence-electron chi connectivity index (χ3n) is 3.87. The van der Waals surface area contributed by atoms with Crippen LogP contribution in [0.25, 0.3) is 22.4 Å². The number of benzene rings is 1. The summed E-state index contributed by atoms with van der Waals surface area (Å²) in [5.74, 6) is 0.221. The number of methoxy groups -OCH3 is 1. The molecule has 26 heavy (non-hydrogen) atoms. The van der Waals surface area contributed by atoms with Crippen LogP contribution in [0.5, 0.6) is 0 Å². The van der Waals surface area contributed by atoms with Crippen LogP contribution < -0.4 is 0 Å². The molecule has 0 fully saturated rings. The lowest BCUT2D eigenvalue weighted by atomic mass is 10.2. The van der Waals surface area contributed by atoms with E-state index in [2.05, 4.69) is 15.1 Å². The van der Waals surface area contributed by atoms with Crippen molar-refractivity contribution in [1.29, 1.82) is 0 Å². The molecule has 1 aromatic carbocycles. The van der Waals surface area contributed by atoms with E-state index in [0.717, 1.165) is 5.52 Å². The Morgan fingerprint density at radius 2 is 2.08 bits per heavy atom. The Morgan fingerprint density at radius 1 is 1.27 bits per heavy atom. The van der Waals surface area contributed by atoms with Crippen molar-refractivity contribution in [3.8, 4) is 11.4 Å². The molecular weight excluding hydrogens is 351 g/mol. The summed E-state index contributed by atoms with van der Waals surface area (Å²) in [4.78, 5) is 8.42. The summed E-state index contributed by atoms with van der Waals surface area (Å²) in [6.45, 7) is 0.632. The van der Waals surface area contributed by atoms with E-state index >= 15 is 0 Å². The normalized spacial score (nSPS) is 13.0. The molecule has 2 heterocycles. The zero-order valence-electron chi connectivity index (χ0n) is 14.0. The first-order valence-electron chi connectivity index (χ1n) is 7.98. The standard InChI is InChI=1S/C16H18F3N5O2/c1-26-7-4-13-21-16(24(22-13)15(19)14(17)18)10-2-3-12-11(8-10)20-9-23(12)5-6-25/h2-3,8-9,14-15,25H,4-7H2,1H3. The van der Waals surface area contributed by atoms with Crippen LogP contribution in [0.15, 0.2) is 24.5 Å². The number of nitrogens with zero attached hydrogens (tertiary/aromatic N) is 5. The second kappa shape index (κ2) is 7.83. The first-order chi connectivity index (χ1) is 12.5. The molecular formula is C16H18F3N5O2. The van der Waals surface area contributed by atoms with Gasteiger partial charge in [0, 0.05) is 25.6 Å². The van der Waals surface area contributed by atoms with Gasteiger partial charge in [0.1, 0.15) is 0 Å². The molecule has 0 aliphatic carbocycles. The van der Waals surface area contributed by atoms with Gasteiger partial charge in [-0.05, 0) is 18.2 Å². The minimum Gasteiger partial charge on any atom is -0.395 e. The van der Waals surface area contributed by atoms with E-state index in [1.54, 1.807) is 29.1 Å². The summed E-state index contributed by atoms with van der Waals surface area (Å²) in [6.07, 6.45) is -3.98. The third-order valence-corrected chi connectivity index (χ3v) is 3.87. The zero-order chi connectivity index (χ0) is 18.7. The number of hydrogen-bond acceptors (Lipinski definition) is 5. The maximum atomic E-state index is 14.0. The number of aromatic nitrogens is 5. The van der Waals surface area contributed by atoms with Gasteiger partial charge in [-0.2, -0.15) is 5.10 Å². The highest BCUT2D eigenvalue weighted by molar-refractivity contribution is 5.80. The first kappa shape index (κ1) is 18.3. The van der Waals surface area contributed by atoms with Crippen LogP contribution in [0.2, 0.25) is 0 Å². The molecule has 0 amide bonds. The molecule has 7 nitrogen and oxygen atoms in total. The Hall–Kier alpha value is -2.46. The fourth-order valence-corrected chi connectivity index (χ4v) is 2.63. The van der Waals surface area contributed by atoms with Gasteiger partial charge in [0.15, 0.2) is 11.6 Å². The molecule has 0 bridgehead atoms. The van der Waals surface area contributed by atoms with Crippen LogP contribution in [0.4, 0.5) is 13.2 Å². The lowest BCUT2D eigenvalue weighted by Gasteiger charge is -2.10. The van der Waals surface area contributed by atoms with E-state index in [1.807, 2.05) is 0 Å². The van der Waals surface area contributed by atoms with E-state index in [-0.39, 0.29) is 24.7 Å². The molecule has 3 aromatic rings. The summed E-state index contributed by atoms with van der Waals surface area (Å²) in [6, 6.07) is 4.98. The fraction of sp³-hybridized carbons (Fsp3) is 0.438. The number of hydrogen-bond donors (Lipinski definition) is 1. The van der Waals surface area contributed by atoms with Gasteiger partial charge < -0.3 is 14.4 Å². The van der Waals surface area contributed by atoms with Gasteiger partial charge in [-0.15, -0.1) is 0 Å². The van der Waals surface area contributed by atoms with Crippen molar-refractivity contribution in [2.24, 2.45) is 0 Å². The van der Waals surface area contributed by atoms with E-state index < -0.39 is 12.7 Å². The minimum atomic E-state index is -3.22. The average Bonchev–Trinajstić information content (AvgIpc) is 3.23. The number of halogens is 3. The summed E-state index contributed by atoms with van der Waals surface area (Å²) in [5, 5.41) is 12.9. The first-order valence-corrected chi connectivity index (χ1v) is 7.98. The van der Waals surface area contributed by atoms with Gasteiger partial charge in [0.2, 0.25) is 0 Å². The largest absolute Gasteiger partial charge is 0.395 e. The van der Waals surface area contributed by atoms with Gasteiger partial charge in [-0.1, -0.05) is 0 Å². The highest BCUT2D eigenvalue weighted by atomic mass is 19.3. The number of aliphatic hydroxyl groups excluding tert-OH is 1. The number of fused-ring (bicyclic) bond motifs is 1. The summed E-state index contributed by atoms with van der Waals surface area (Å²) >= 11 is 0. The molecule has 10 heteroatoms. The van der Waals surface area contributed by atoms with Crippen molar-refractivity contribution in [3.05, 3.63) is 30.4 Å². The smallest absolute Gasteiger partial charge is 0.289 e. The van der Waals surface area contributed by atoms with Crippen LogP contribution in [-0.2, 0) is 17.7 Å². The van der Waals surface area contributed by atoms with E-state index in [9.17, 15) is 13.2 Å². The van der Waals surface area contributed by atoms with Crippen molar-refractivity contribution in [3.63, 3.8) is 0 Å². The van der Waals surface area contributed by atoms with E-state index in [4.69, 9.17) is 9.84 Å². The fourth-order valence-electron chi connectivity index (χ4n) is 2.63. The Labute approximate surface area is 147 Å². The van der Waals surface area contributed by atoms with Crippen LogP contribution in [0, 0.1) is 0 Å². The second-order valence-corrected chi connectivity index (χ2v) is 5.61. The van der Waals surface area contributed by atoms with Crippen molar-refractivity contribution < 1.29 is 23.0 Å². The van der Waals surface area contributed by atoms with Crippen molar-refractivity contribution in [2.75, 3.05) is 20.3 Å². The number of aliphatic hydroxyl groups is 1. The lowest BCUT2D eigenvalue weighted by Crippen LogP contribution is -2.15. The van der Waals surface area contributed by atoms with Gasteiger partial charge >= 0.3 is 0 Å². The topological polar surface area (TPSA) is 78.0 Å². The summed E-state index contributed by atoms with van der Waals surface area (Å²) in [5.41, 5.74) is 1.77. The molecule has 1 N–H and O–H groups in total. The van der Waals surface area contributed by atoms with Crippen LogP contribution in [0.3, 0.4) is 0 Å². The van der Waals surface area contributed by atoms with Gasteiger partial charge in [0.25, 0.3) is 12.7 Å². The maximum Gasteiger partial charge on any atom is 0.289 e. The highest BCUT2D eigenvalue weighted by Crippen LogP contribution is 2.28. The molecule has 0 aliphatic rings. The van der Waals surface area contributed by atoms with Gasteiger partial charge in [0.05, 0.1) is 30.6 Å². The quantitative estimate of drug-likeness (QED) is 0.659. The van der Waals surface area contributed by atoms with Crippen molar-refractivity contribution in [1.82, 2.24) is 24.3 Å². The summed E-state index contributed by atoms with van der Waals surface area (Å²) in [7, 11) is 1.49. The van der Waals surface area contributed by atoms with E-state index in [1.165, 1.54) is 7.11 Å². The van der Waals surface area contributed by atoms with Crippen LogP contribution >= 0.6 is 0 Å². The molecule has 1 atom stereocenters. The molecule has 0 aliphatic heterocycles. The molecule has 0 radical (unpaired) electrons. The maximum absolute atomic E-state index is 14.0. The molecule has 3 rings (SSSR count). The molecule has 140 valence electrons. The number of alkyl halides is 3. The predicted molar refractivity (Wildman–Crippen MR) is 87.6 cm³/mol. The van der Waals surface area contributed by atoms with Crippen LogP contribution in [0.1, 0.15) is 12.1 Å². The molecule has 0 saturated heterocycles. The van der Waals surface area contributed by atoms with Gasteiger partial charge in [-0.3, -0.25) is 0 Å². The SMILES string of the molecule is COCCc1nc(-c2ccc3c(c2)ncn3CCO)n(C(F)C(F)F)n1. The lowest BCUT2D eigenvalue weighted by molar-refractivity contribution is 0.00144. The Morgan fingerprint density at radius 3 is 2.77 bits per heavy atom. The minimum absolute atomic E-state index is 0.00233. The predicted octanol–water partition coefficient (Wildman–Crippen LogP) is 2.21. The zero-order valence-corrected chi connectivity index (χ0v) is 14.0. The third kappa shape index (κ3) is 3.56. The van der Waals surface area contributed by atoms with Gasteiger partial charge in [-0.25, -0.2) is 27.8 Å². The summed E-state index contributed by atoms with van der Waals surface area (Å²) < 4.78 is 47.0. The Kier molecular flexibility index (Phi) is 5.52. The number of imidazole rings is 1. The monoisotopic (exact) mass is 369 g/mol. The molecule has 0 saturated carbocycles. The Bertz CT molecular complexity index is 880. The van der Waals surface area contributed by atoms with Crippen molar-refractivity contribution in [2.45, 2.75) is 25.7 Å². The average molecular weight is 369 g/mol. The van der Waals surface area contributed by atoms with Crippen LogP contribution in [-0.4, -0.2) is 56.2 Å². The molecule has 0 spiro atoms. The number of rotatable bonds is 8. The van der Waals surface area contributed by atoms with E-state index in [0.29, 0.717) is 28.9 Å². The Balaban J connectivity index is 2.03. The molecule has 2 aromatic heterocycles. The molecule has 1 unspecified atom stereocenters. The number of ether oxygens (including phenoxy) is 1.